The summed E-state index contributed by atoms with van der Waals surface area (Å²) in [6.45, 7) is 0.0803. The van der Waals surface area contributed by atoms with E-state index in [2.05, 4.69) is 10.1 Å². The number of oxime groups is 1. The summed E-state index contributed by atoms with van der Waals surface area (Å²) in [7, 11) is 0. The molecule has 1 heterocycles. The van der Waals surface area contributed by atoms with E-state index in [4.69, 9.17) is 9.94 Å². The summed E-state index contributed by atoms with van der Waals surface area (Å²) in [6, 6.07) is 3.54. The number of aromatic nitrogens is 1. The molecule has 0 radical (unpaired) electrons. The molecule has 1 aromatic heterocycles. The van der Waals surface area contributed by atoms with Crippen molar-refractivity contribution in [2.24, 2.45) is 5.16 Å². The van der Waals surface area contributed by atoms with Gasteiger partial charge in [-0.2, -0.15) is 0 Å². The highest BCUT2D eigenvalue weighted by Gasteiger charge is 1.94. The molecule has 1 rings (SSSR count). The van der Waals surface area contributed by atoms with Crippen LogP contribution in [0.5, 0.6) is 0 Å². The van der Waals surface area contributed by atoms with E-state index in [0.717, 1.165) is 5.56 Å². The molecule has 0 aliphatic rings. The molecule has 14 heavy (non-hydrogen) atoms. The Balaban J connectivity index is 2.25. The average molecular weight is 194 g/mol. The van der Waals surface area contributed by atoms with Crippen LogP contribution in [-0.2, 0) is 9.63 Å². The number of rotatable bonds is 5. The van der Waals surface area contributed by atoms with Crippen molar-refractivity contribution < 1.29 is 14.7 Å². The Morgan fingerprint density at radius 1 is 1.57 bits per heavy atom. The van der Waals surface area contributed by atoms with Crippen LogP contribution >= 0.6 is 0 Å². The Morgan fingerprint density at radius 2 is 2.29 bits per heavy atom. The van der Waals surface area contributed by atoms with Gasteiger partial charge in [0.1, 0.15) is 6.61 Å². The number of carboxylic acid groups (broad SMARTS) is 1. The zero-order chi connectivity index (χ0) is 10.2. The maximum Gasteiger partial charge on any atom is 0.306 e. The Kier molecular flexibility index (Phi) is 4.13. The minimum Gasteiger partial charge on any atom is -0.481 e. The van der Waals surface area contributed by atoms with Gasteiger partial charge in [-0.05, 0) is 17.7 Å². The molecule has 0 aromatic carbocycles. The molecule has 0 aliphatic heterocycles. The average Bonchev–Trinajstić information content (AvgIpc) is 2.18. The Hall–Kier alpha value is -1.91. The number of carbonyl (C=O) groups is 1. The molecular formula is C9H10N2O3. The second kappa shape index (κ2) is 5.69. The van der Waals surface area contributed by atoms with Gasteiger partial charge in [0.15, 0.2) is 0 Å². The van der Waals surface area contributed by atoms with Gasteiger partial charge in [0.25, 0.3) is 0 Å². The molecule has 5 nitrogen and oxygen atoms in total. The fourth-order valence-electron chi connectivity index (χ4n) is 0.733. The fraction of sp³-hybridized carbons (Fsp3) is 0.222. The summed E-state index contributed by atoms with van der Waals surface area (Å²) in [5, 5.41) is 11.9. The summed E-state index contributed by atoms with van der Waals surface area (Å²) >= 11 is 0. The molecule has 74 valence electrons. The molecule has 0 aliphatic carbocycles. The van der Waals surface area contributed by atoms with Gasteiger partial charge in [0, 0.05) is 12.4 Å². The van der Waals surface area contributed by atoms with Crippen molar-refractivity contribution in [3.8, 4) is 0 Å². The van der Waals surface area contributed by atoms with Crippen LogP contribution in [0.25, 0.3) is 0 Å². The predicted molar refractivity (Wildman–Crippen MR) is 50.0 cm³/mol. The van der Waals surface area contributed by atoms with Crippen LogP contribution < -0.4 is 0 Å². The number of aliphatic carboxylic acids is 1. The van der Waals surface area contributed by atoms with E-state index >= 15 is 0 Å². The quantitative estimate of drug-likeness (QED) is 0.429. The highest BCUT2D eigenvalue weighted by Crippen LogP contribution is 1.91. The Morgan fingerprint density at radius 3 is 2.93 bits per heavy atom. The third-order valence-corrected chi connectivity index (χ3v) is 1.39. The Bertz CT molecular complexity index is 311. The second-order valence-corrected chi connectivity index (χ2v) is 2.49. The van der Waals surface area contributed by atoms with Crippen LogP contribution in [0.2, 0.25) is 0 Å². The molecule has 0 amide bonds. The molecule has 0 saturated carbocycles. The van der Waals surface area contributed by atoms with Crippen LogP contribution in [0, 0.1) is 0 Å². The summed E-state index contributed by atoms with van der Waals surface area (Å²) in [5.74, 6) is -0.899. The zero-order valence-corrected chi connectivity index (χ0v) is 7.46. The zero-order valence-electron chi connectivity index (χ0n) is 7.46. The van der Waals surface area contributed by atoms with Crippen molar-refractivity contribution in [2.45, 2.75) is 6.42 Å². The van der Waals surface area contributed by atoms with E-state index in [1.807, 2.05) is 0 Å². The molecule has 0 bridgehead atoms. The lowest BCUT2D eigenvalue weighted by atomic mass is 10.3. The molecule has 1 N–H and O–H groups in total. The van der Waals surface area contributed by atoms with Crippen molar-refractivity contribution in [3.05, 3.63) is 30.1 Å². The number of pyridine rings is 1. The second-order valence-electron chi connectivity index (χ2n) is 2.49. The van der Waals surface area contributed by atoms with Crippen LogP contribution in [0.1, 0.15) is 12.0 Å². The normalized spacial score (nSPS) is 10.3. The van der Waals surface area contributed by atoms with Gasteiger partial charge in [-0.15, -0.1) is 0 Å². The van der Waals surface area contributed by atoms with Crippen molar-refractivity contribution >= 4 is 12.2 Å². The van der Waals surface area contributed by atoms with E-state index < -0.39 is 5.97 Å². The van der Waals surface area contributed by atoms with E-state index in [0.29, 0.717) is 0 Å². The number of hydrogen-bond donors (Lipinski definition) is 1. The van der Waals surface area contributed by atoms with E-state index in [-0.39, 0.29) is 13.0 Å². The van der Waals surface area contributed by atoms with Crippen LogP contribution in [-0.4, -0.2) is 28.9 Å². The summed E-state index contributed by atoms with van der Waals surface area (Å²) in [4.78, 5) is 18.6. The van der Waals surface area contributed by atoms with Crippen LogP contribution in [0.4, 0.5) is 0 Å². The van der Waals surface area contributed by atoms with Crippen LogP contribution in [0.3, 0.4) is 0 Å². The minimum absolute atomic E-state index is 0.0479. The van der Waals surface area contributed by atoms with Crippen molar-refractivity contribution in [1.29, 1.82) is 0 Å². The Labute approximate surface area is 81.0 Å². The smallest absolute Gasteiger partial charge is 0.306 e. The van der Waals surface area contributed by atoms with E-state index in [1.54, 1.807) is 24.5 Å². The first-order valence-electron chi connectivity index (χ1n) is 4.06. The third-order valence-electron chi connectivity index (χ3n) is 1.39. The van der Waals surface area contributed by atoms with Gasteiger partial charge in [0.05, 0.1) is 12.6 Å². The van der Waals surface area contributed by atoms with Gasteiger partial charge < -0.3 is 9.94 Å². The number of nitrogens with zero attached hydrogens (tertiary/aromatic N) is 2. The van der Waals surface area contributed by atoms with Crippen molar-refractivity contribution in [1.82, 2.24) is 4.98 Å². The molecule has 5 heteroatoms. The first kappa shape index (κ1) is 10.2. The van der Waals surface area contributed by atoms with Crippen molar-refractivity contribution in [2.75, 3.05) is 6.61 Å². The first-order chi connectivity index (χ1) is 6.79. The summed E-state index contributed by atoms with van der Waals surface area (Å²) < 4.78 is 0. The maximum atomic E-state index is 10.1. The molecule has 0 unspecified atom stereocenters. The standard InChI is InChI=1S/C9H10N2O3/c12-9(13)3-6-14-11-7-8-1-4-10-5-2-8/h1-2,4-5,7H,3,6H2,(H,12,13)/b11-7-. The van der Waals surface area contributed by atoms with E-state index in [1.165, 1.54) is 6.21 Å². The summed E-state index contributed by atoms with van der Waals surface area (Å²) in [5.41, 5.74) is 0.857. The fourth-order valence-corrected chi connectivity index (χ4v) is 0.733. The first-order valence-corrected chi connectivity index (χ1v) is 4.06. The lowest BCUT2D eigenvalue weighted by Crippen LogP contribution is -1.99. The van der Waals surface area contributed by atoms with Gasteiger partial charge >= 0.3 is 5.97 Å². The largest absolute Gasteiger partial charge is 0.481 e. The van der Waals surface area contributed by atoms with Gasteiger partial charge in [-0.25, -0.2) is 0 Å². The van der Waals surface area contributed by atoms with Crippen molar-refractivity contribution in [3.63, 3.8) is 0 Å². The topological polar surface area (TPSA) is 71.8 Å². The molecular weight excluding hydrogens is 184 g/mol. The highest BCUT2D eigenvalue weighted by molar-refractivity contribution is 5.78. The SMILES string of the molecule is O=C(O)CCO/N=C\c1ccncc1. The predicted octanol–water partition coefficient (Wildman–Crippen LogP) is 0.907. The van der Waals surface area contributed by atoms with Gasteiger partial charge in [0.2, 0.25) is 0 Å². The molecule has 0 atom stereocenters. The third kappa shape index (κ3) is 4.20. The maximum absolute atomic E-state index is 10.1. The molecule has 1 aromatic rings. The van der Waals surface area contributed by atoms with Crippen LogP contribution in [0.15, 0.2) is 29.7 Å². The molecule has 0 saturated heterocycles. The van der Waals surface area contributed by atoms with Gasteiger partial charge in [-0.1, -0.05) is 5.16 Å². The lowest BCUT2D eigenvalue weighted by Gasteiger charge is -1.94. The lowest BCUT2D eigenvalue weighted by molar-refractivity contribution is -0.138. The summed E-state index contributed by atoms with van der Waals surface area (Å²) in [6.07, 6.45) is 4.73. The number of hydrogen-bond acceptors (Lipinski definition) is 4. The van der Waals surface area contributed by atoms with Gasteiger partial charge in [-0.3, -0.25) is 9.78 Å². The number of carboxylic acids is 1. The van der Waals surface area contributed by atoms with E-state index in [9.17, 15) is 4.79 Å². The highest BCUT2D eigenvalue weighted by atomic mass is 16.6. The minimum atomic E-state index is -0.899. The molecule has 0 spiro atoms. The molecule has 0 fully saturated rings. The monoisotopic (exact) mass is 194 g/mol.